The van der Waals surface area contributed by atoms with Crippen LogP contribution < -0.4 is 0 Å². The number of sulfonamides is 1. The number of hydrogen-bond donors (Lipinski definition) is 1. The van der Waals surface area contributed by atoms with Crippen molar-refractivity contribution in [3.8, 4) is 0 Å². The molecule has 3 atom stereocenters. The Balaban J connectivity index is 0.000000321. The number of hydrogen-bond acceptors (Lipinski definition) is 5. The van der Waals surface area contributed by atoms with E-state index in [1.807, 2.05) is 6.92 Å². The van der Waals surface area contributed by atoms with Crippen molar-refractivity contribution in [2.75, 3.05) is 13.1 Å². The number of nitrogens with zero attached hydrogens (tertiary/aromatic N) is 3. The smallest absolute Gasteiger partial charge is 0.475 e. The number of aliphatic carboxylic acids is 1. The first-order chi connectivity index (χ1) is 12.2. The van der Waals surface area contributed by atoms with E-state index in [1.54, 1.807) is 29.9 Å². The molecular formula is C15H22F3N3O5S. The van der Waals surface area contributed by atoms with E-state index < -0.39 is 22.2 Å². The van der Waals surface area contributed by atoms with Crippen LogP contribution in [0.2, 0.25) is 0 Å². The lowest BCUT2D eigenvalue weighted by Gasteiger charge is -2.18. The van der Waals surface area contributed by atoms with Crippen molar-refractivity contribution in [2.24, 2.45) is 13.0 Å². The highest BCUT2D eigenvalue weighted by molar-refractivity contribution is 7.89. The summed E-state index contributed by atoms with van der Waals surface area (Å²) < 4.78 is 66.3. The van der Waals surface area contributed by atoms with Gasteiger partial charge in [0.1, 0.15) is 4.90 Å². The molecule has 12 heteroatoms. The van der Waals surface area contributed by atoms with E-state index in [1.165, 1.54) is 0 Å². The lowest BCUT2D eigenvalue weighted by molar-refractivity contribution is -0.192. The summed E-state index contributed by atoms with van der Waals surface area (Å²) in [5, 5.41) is 11.3. The van der Waals surface area contributed by atoms with Gasteiger partial charge in [0.05, 0.1) is 23.6 Å². The molecule has 3 rings (SSSR count). The molecule has 8 nitrogen and oxygen atoms in total. The van der Waals surface area contributed by atoms with Crippen molar-refractivity contribution < 1.29 is 36.2 Å². The molecule has 3 heterocycles. The van der Waals surface area contributed by atoms with Crippen LogP contribution in [0.3, 0.4) is 0 Å². The fraction of sp³-hybridized carbons (Fsp3) is 0.733. The molecule has 2 aliphatic heterocycles. The van der Waals surface area contributed by atoms with Gasteiger partial charge in [-0.2, -0.15) is 22.6 Å². The Hall–Kier alpha value is -1.66. The average Bonchev–Trinajstić information content (AvgIpc) is 3.11. The molecule has 0 spiro atoms. The summed E-state index contributed by atoms with van der Waals surface area (Å²) in [4.78, 5) is 9.25. The number of halogens is 3. The molecule has 154 valence electrons. The van der Waals surface area contributed by atoms with E-state index in [0.717, 1.165) is 6.42 Å². The number of alkyl halides is 3. The van der Waals surface area contributed by atoms with Gasteiger partial charge < -0.3 is 9.84 Å². The maximum Gasteiger partial charge on any atom is 0.490 e. The van der Waals surface area contributed by atoms with Gasteiger partial charge in [0.2, 0.25) is 10.0 Å². The second-order valence-electron chi connectivity index (χ2n) is 6.73. The predicted octanol–water partition coefficient (Wildman–Crippen LogP) is 1.47. The molecule has 0 saturated carbocycles. The van der Waals surface area contributed by atoms with E-state index in [9.17, 15) is 21.6 Å². The van der Waals surface area contributed by atoms with Crippen LogP contribution in [0.5, 0.6) is 0 Å². The molecule has 1 N–H and O–H groups in total. The van der Waals surface area contributed by atoms with E-state index in [2.05, 4.69) is 5.10 Å². The Morgan fingerprint density at radius 1 is 1.30 bits per heavy atom. The SMILES string of the molecule is Cc1nn(C)c(C)c1S(=O)(=O)N1C[C@@H]2C[C@@H](C)O[C@@H]2C1.O=C(O)C(F)(F)F. The molecule has 2 fully saturated rings. The second-order valence-corrected chi connectivity index (χ2v) is 8.60. The summed E-state index contributed by atoms with van der Waals surface area (Å²) in [6, 6.07) is 0. The third-order valence-electron chi connectivity index (χ3n) is 4.67. The minimum absolute atomic E-state index is 0.0528. The Bertz CT molecular complexity index is 807. The lowest BCUT2D eigenvalue weighted by atomic mass is 10.0. The van der Waals surface area contributed by atoms with Gasteiger partial charge in [-0.15, -0.1) is 0 Å². The third-order valence-corrected chi connectivity index (χ3v) is 6.76. The van der Waals surface area contributed by atoms with Crippen LogP contribution in [0.1, 0.15) is 24.7 Å². The van der Waals surface area contributed by atoms with Gasteiger partial charge >= 0.3 is 12.1 Å². The number of aromatic nitrogens is 2. The normalized spacial score (nSPS) is 25.8. The largest absolute Gasteiger partial charge is 0.490 e. The number of ether oxygens (including phenoxy) is 1. The topological polar surface area (TPSA) is 102 Å². The first-order valence-corrected chi connectivity index (χ1v) is 9.65. The molecule has 0 bridgehead atoms. The highest BCUT2D eigenvalue weighted by Crippen LogP contribution is 2.36. The zero-order valence-corrected chi connectivity index (χ0v) is 16.1. The zero-order chi connectivity index (χ0) is 20.7. The molecule has 2 aliphatic rings. The van der Waals surface area contributed by atoms with Gasteiger partial charge in [0, 0.05) is 26.1 Å². The second kappa shape index (κ2) is 7.40. The Morgan fingerprint density at radius 3 is 2.26 bits per heavy atom. The standard InChI is InChI=1S/C13H21N3O3S.C2HF3O2/c1-8-5-11-6-16(7-12(11)19-8)20(17,18)13-9(2)14-15(4)10(13)3;3-2(4,5)1(6)7/h8,11-12H,5-7H2,1-4H3;(H,6,7)/t8-,11+,12-;/m1./s1. The van der Waals surface area contributed by atoms with Crippen LogP contribution in [0.25, 0.3) is 0 Å². The summed E-state index contributed by atoms with van der Waals surface area (Å²) in [7, 11) is -1.70. The molecule has 27 heavy (non-hydrogen) atoms. The third kappa shape index (κ3) is 4.43. The molecule has 2 saturated heterocycles. The minimum atomic E-state index is -5.08. The fourth-order valence-electron chi connectivity index (χ4n) is 3.42. The summed E-state index contributed by atoms with van der Waals surface area (Å²) in [5.74, 6) is -2.43. The molecule has 0 aromatic carbocycles. The molecule has 1 aromatic rings. The number of carboxylic acid groups (broad SMARTS) is 1. The van der Waals surface area contributed by atoms with Crippen molar-refractivity contribution in [1.29, 1.82) is 0 Å². The van der Waals surface area contributed by atoms with E-state index in [4.69, 9.17) is 14.6 Å². The van der Waals surface area contributed by atoms with Crippen LogP contribution in [0.4, 0.5) is 13.2 Å². The van der Waals surface area contributed by atoms with Crippen LogP contribution in [-0.4, -0.2) is 65.1 Å². The predicted molar refractivity (Wildman–Crippen MR) is 87.6 cm³/mol. The summed E-state index contributed by atoms with van der Waals surface area (Å²) in [6.07, 6.45) is -3.84. The monoisotopic (exact) mass is 413 g/mol. The number of carbonyl (C=O) groups is 1. The van der Waals surface area contributed by atoms with Crippen LogP contribution in [0.15, 0.2) is 4.90 Å². The zero-order valence-electron chi connectivity index (χ0n) is 15.3. The first kappa shape index (κ1) is 21.6. The maximum absolute atomic E-state index is 12.8. The molecule has 0 aliphatic carbocycles. The van der Waals surface area contributed by atoms with E-state index in [0.29, 0.717) is 35.3 Å². The summed E-state index contributed by atoms with van der Waals surface area (Å²) >= 11 is 0. The van der Waals surface area contributed by atoms with Gasteiger partial charge in [-0.3, -0.25) is 4.68 Å². The molecule has 0 unspecified atom stereocenters. The van der Waals surface area contributed by atoms with Crippen LogP contribution in [0, 0.1) is 19.8 Å². The fourth-order valence-corrected chi connectivity index (χ4v) is 5.33. The van der Waals surface area contributed by atoms with Crippen molar-refractivity contribution in [3.63, 3.8) is 0 Å². The van der Waals surface area contributed by atoms with Crippen molar-refractivity contribution >= 4 is 16.0 Å². The van der Waals surface area contributed by atoms with Gasteiger partial charge in [0.25, 0.3) is 0 Å². The summed E-state index contributed by atoms with van der Waals surface area (Å²) in [5.41, 5.74) is 1.25. The van der Waals surface area contributed by atoms with Crippen LogP contribution >= 0.6 is 0 Å². The van der Waals surface area contributed by atoms with E-state index >= 15 is 0 Å². The number of fused-ring (bicyclic) bond motifs is 1. The van der Waals surface area contributed by atoms with E-state index in [-0.39, 0.29) is 12.2 Å². The molecular weight excluding hydrogens is 391 g/mol. The van der Waals surface area contributed by atoms with Gasteiger partial charge in [0.15, 0.2) is 0 Å². The Morgan fingerprint density at radius 2 is 1.85 bits per heavy atom. The van der Waals surface area contributed by atoms with Crippen LogP contribution in [-0.2, 0) is 26.6 Å². The number of rotatable bonds is 2. The molecule has 0 amide bonds. The number of aryl methyl sites for hydroxylation is 2. The van der Waals surface area contributed by atoms with Crippen molar-refractivity contribution in [1.82, 2.24) is 14.1 Å². The quantitative estimate of drug-likeness (QED) is 0.788. The van der Waals surface area contributed by atoms with Gasteiger partial charge in [-0.25, -0.2) is 13.2 Å². The highest BCUT2D eigenvalue weighted by Gasteiger charge is 2.45. The summed E-state index contributed by atoms with van der Waals surface area (Å²) in [6.45, 7) is 6.61. The first-order valence-electron chi connectivity index (χ1n) is 8.21. The Kier molecular flexibility index (Phi) is 5.93. The van der Waals surface area contributed by atoms with Gasteiger partial charge in [-0.05, 0) is 27.2 Å². The molecule has 1 aromatic heterocycles. The minimum Gasteiger partial charge on any atom is -0.475 e. The molecule has 0 radical (unpaired) electrons. The van der Waals surface area contributed by atoms with Gasteiger partial charge in [-0.1, -0.05) is 0 Å². The van der Waals surface area contributed by atoms with Crippen molar-refractivity contribution in [3.05, 3.63) is 11.4 Å². The maximum atomic E-state index is 12.8. The van der Waals surface area contributed by atoms with Crippen molar-refractivity contribution in [2.45, 2.75) is 50.5 Å². The number of carboxylic acids is 1. The Labute approximate surface area is 154 Å². The lowest BCUT2D eigenvalue weighted by Crippen LogP contribution is -2.32. The highest BCUT2D eigenvalue weighted by atomic mass is 32.2. The average molecular weight is 413 g/mol.